The molecule has 21 heavy (non-hydrogen) atoms. The number of para-hydroxylation sites is 2. The molecule has 0 bridgehead atoms. The van der Waals surface area contributed by atoms with Crippen molar-refractivity contribution in [3.8, 4) is 11.5 Å². The van der Waals surface area contributed by atoms with Gasteiger partial charge in [-0.3, -0.25) is 4.90 Å². The van der Waals surface area contributed by atoms with Crippen LogP contribution in [0.15, 0.2) is 24.3 Å². The van der Waals surface area contributed by atoms with Crippen molar-refractivity contribution in [2.24, 2.45) is 0 Å². The van der Waals surface area contributed by atoms with Crippen LogP contribution in [0.25, 0.3) is 0 Å². The number of halogens is 1. The number of alkyl halides is 1. The number of benzene rings is 1. The molecule has 1 aromatic carbocycles. The molecule has 2 rings (SSSR count). The fraction of sp³-hybridized carbons (Fsp3) is 0.647. The van der Waals surface area contributed by atoms with Crippen molar-refractivity contribution < 1.29 is 9.47 Å². The molecule has 0 heterocycles. The molecule has 0 atom stereocenters. The molecule has 0 unspecified atom stereocenters. The van der Waals surface area contributed by atoms with E-state index >= 15 is 0 Å². The van der Waals surface area contributed by atoms with Gasteiger partial charge in [0, 0.05) is 18.5 Å². The summed E-state index contributed by atoms with van der Waals surface area (Å²) in [6.45, 7) is 5.38. The minimum Gasteiger partial charge on any atom is -0.490 e. The van der Waals surface area contributed by atoms with Gasteiger partial charge in [-0.2, -0.15) is 0 Å². The highest BCUT2D eigenvalue weighted by atomic mass is 35.5. The number of hydrogen-bond donors (Lipinski definition) is 0. The third kappa shape index (κ3) is 5.08. The van der Waals surface area contributed by atoms with Gasteiger partial charge in [0.2, 0.25) is 0 Å². The average Bonchev–Trinajstić information content (AvgIpc) is 2.44. The minimum atomic E-state index is 0.657. The Morgan fingerprint density at radius 2 is 1.86 bits per heavy atom. The van der Waals surface area contributed by atoms with E-state index in [0.29, 0.717) is 13.2 Å². The first-order valence-electron chi connectivity index (χ1n) is 7.99. The molecule has 0 radical (unpaired) electrons. The highest BCUT2D eigenvalue weighted by Gasteiger charge is 2.24. The molecule has 1 aromatic rings. The van der Waals surface area contributed by atoms with Crippen molar-refractivity contribution in [2.45, 2.75) is 38.6 Å². The molecule has 0 saturated heterocycles. The van der Waals surface area contributed by atoms with Gasteiger partial charge in [-0.15, -0.1) is 11.6 Å². The maximum Gasteiger partial charge on any atom is 0.161 e. The molecule has 1 saturated carbocycles. The standard InChI is InChI=1S/C17H26ClNO2/c1-2-20-16-9-3-4-10-17(16)21-14-13-19(12-6-11-18)15-7-5-8-15/h3-4,9-10,15H,2,5-8,11-14H2,1H3. The molecule has 1 aliphatic carbocycles. The van der Waals surface area contributed by atoms with E-state index in [2.05, 4.69) is 4.90 Å². The van der Waals surface area contributed by atoms with E-state index in [0.717, 1.165) is 42.9 Å². The van der Waals surface area contributed by atoms with Crippen molar-refractivity contribution in [1.82, 2.24) is 4.90 Å². The van der Waals surface area contributed by atoms with Crippen molar-refractivity contribution in [3.05, 3.63) is 24.3 Å². The lowest BCUT2D eigenvalue weighted by Crippen LogP contribution is -2.43. The van der Waals surface area contributed by atoms with Gasteiger partial charge in [-0.05, 0) is 44.9 Å². The van der Waals surface area contributed by atoms with Gasteiger partial charge < -0.3 is 9.47 Å². The van der Waals surface area contributed by atoms with Crippen LogP contribution < -0.4 is 9.47 Å². The highest BCUT2D eigenvalue weighted by molar-refractivity contribution is 6.17. The summed E-state index contributed by atoms with van der Waals surface area (Å²) in [5, 5.41) is 0. The third-order valence-corrected chi connectivity index (χ3v) is 4.22. The van der Waals surface area contributed by atoms with Crippen molar-refractivity contribution >= 4 is 11.6 Å². The molecular weight excluding hydrogens is 286 g/mol. The molecule has 3 nitrogen and oxygen atoms in total. The zero-order valence-electron chi connectivity index (χ0n) is 12.9. The second-order valence-corrected chi connectivity index (χ2v) is 5.77. The second kappa shape index (κ2) is 9.16. The maximum absolute atomic E-state index is 5.92. The van der Waals surface area contributed by atoms with Gasteiger partial charge >= 0.3 is 0 Å². The van der Waals surface area contributed by atoms with Crippen LogP contribution in [0.4, 0.5) is 0 Å². The quantitative estimate of drug-likeness (QED) is 0.611. The normalized spacial score (nSPS) is 15.0. The fourth-order valence-electron chi connectivity index (χ4n) is 2.61. The van der Waals surface area contributed by atoms with Crippen molar-refractivity contribution in [3.63, 3.8) is 0 Å². The number of hydrogen-bond acceptors (Lipinski definition) is 3. The lowest BCUT2D eigenvalue weighted by molar-refractivity contribution is 0.106. The van der Waals surface area contributed by atoms with E-state index in [9.17, 15) is 0 Å². The monoisotopic (exact) mass is 311 g/mol. The maximum atomic E-state index is 5.92. The van der Waals surface area contributed by atoms with E-state index < -0.39 is 0 Å². The smallest absolute Gasteiger partial charge is 0.161 e. The Morgan fingerprint density at radius 3 is 2.43 bits per heavy atom. The van der Waals surface area contributed by atoms with E-state index in [1.165, 1.54) is 19.3 Å². The first-order valence-corrected chi connectivity index (χ1v) is 8.53. The van der Waals surface area contributed by atoms with Gasteiger partial charge in [-0.25, -0.2) is 0 Å². The van der Waals surface area contributed by atoms with Crippen LogP contribution in [-0.4, -0.2) is 43.1 Å². The SMILES string of the molecule is CCOc1ccccc1OCCN(CCCCl)C1CCC1. The Kier molecular flexibility index (Phi) is 7.17. The lowest BCUT2D eigenvalue weighted by atomic mass is 9.91. The molecule has 0 aliphatic heterocycles. The molecule has 0 aromatic heterocycles. The van der Waals surface area contributed by atoms with Gasteiger partial charge in [0.25, 0.3) is 0 Å². The molecule has 1 aliphatic rings. The Morgan fingerprint density at radius 1 is 1.14 bits per heavy atom. The zero-order chi connectivity index (χ0) is 14.9. The Balaban J connectivity index is 1.81. The summed E-state index contributed by atoms with van der Waals surface area (Å²) in [5.74, 6) is 2.40. The molecule has 0 N–H and O–H groups in total. The van der Waals surface area contributed by atoms with Gasteiger partial charge in [0.05, 0.1) is 6.61 Å². The van der Waals surface area contributed by atoms with Crippen LogP contribution >= 0.6 is 11.6 Å². The largest absolute Gasteiger partial charge is 0.490 e. The molecule has 1 fully saturated rings. The molecule has 0 spiro atoms. The van der Waals surface area contributed by atoms with Crippen molar-refractivity contribution in [1.29, 1.82) is 0 Å². The van der Waals surface area contributed by atoms with E-state index in [1.54, 1.807) is 0 Å². The summed E-state index contributed by atoms with van der Waals surface area (Å²) >= 11 is 5.82. The van der Waals surface area contributed by atoms with Crippen LogP contribution in [0.5, 0.6) is 11.5 Å². The first kappa shape index (κ1) is 16.4. The summed E-state index contributed by atoms with van der Waals surface area (Å²) in [4.78, 5) is 2.52. The predicted molar refractivity (Wildman–Crippen MR) is 87.7 cm³/mol. The molecule has 4 heteroatoms. The second-order valence-electron chi connectivity index (χ2n) is 5.39. The Hall–Kier alpha value is -0.930. The fourth-order valence-corrected chi connectivity index (χ4v) is 2.73. The number of rotatable bonds is 10. The summed E-state index contributed by atoms with van der Waals surface area (Å²) in [5.41, 5.74) is 0. The molecule has 0 amide bonds. The van der Waals surface area contributed by atoms with Crippen LogP contribution in [0.3, 0.4) is 0 Å². The van der Waals surface area contributed by atoms with E-state index in [4.69, 9.17) is 21.1 Å². The first-order chi connectivity index (χ1) is 10.3. The van der Waals surface area contributed by atoms with E-state index in [-0.39, 0.29) is 0 Å². The Bertz CT molecular complexity index is 410. The summed E-state index contributed by atoms with van der Waals surface area (Å²) in [6, 6.07) is 8.61. The minimum absolute atomic E-state index is 0.657. The Labute approximate surface area is 133 Å². The van der Waals surface area contributed by atoms with Crippen LogP contribution in [0.1, 0.15) is 32.6 Å². The van der Waals surface area contributed by atoms with Gasteiger partial charge in [0.1, 0.15) is 6.61 Å². The topological polar surface area (TPSA) is 21.7 Å². The number of nitrogens with zero attached hydrogens (tertiary/aromatic N) is 1. The highest BCUT2D eigenvalue weighted by Crippen LogP contribution is 2.27. The molecular formula is C17H26ClNO2. The summed E-state index contributed by atoms with van der Waals surface area (Å²) < 4.78 is 11.5. The summed E-state index contributed by atoms with van der Waals surface area (Å²) in [6.07, 6.45) is 5.04. The van der Waals surface area contributed by atoms with E-state index in [1.807, 2.05) is 31.2 Å². The zero-order valence-corrected chi connectivity index (χ0v) is 13.6. The van der Waals surface area contributed by atoms with Crippen molar-refractivity contribution in [2.75, 3.05) is 32.2 Å². The van der Waals surface area contributed by atoms with Gasteiger partial charge in [0.15, 0.2) is 11.5 Å². The van der Waals surface area contributed by atoms with Crippen LogP contribution in [0, 0.1) is 0 Å². The number of ether oxygens (including phenoxy) is 2. The third-order valence-electron chi connectivity index (χ3n) is 3.96. The van der Waals surface area contributed by atoms with Crippen LogP contribution in [0.2, 0.25) is 0 Å². The average molecular weight is 312 g/mol. The summed E-state index contributed by atoms with van der Waals surface area (Å²) in [7, 11) is 0. The van der Waals surface area contributed by atoms with Crippen LogP contribution in [-0.2, 0) is 0 Å². The molecule has 118 valence electrons. The predicted octanol–water partition coefficient (Wildman–Crippen LogP) is 3.95. The van der Waals surface area contributed by atoms with Gasteiger partial charge in [-0.1, -0.05) is 18.6 Å². The lowest BCUT2D eigenvalue weighted by Gasteiger charge is -2.37.